The molecule has 0 N–H and O–H groups in total. The second-order valence-corrected chi connectivity index (χ2v) is 4.17. The van der Waals surface area contributed by atoms with Crippen molar-refractivity contribution in [1.29, 1.82) is 0 Å². The van der Waals surface area contributed by atoms with Crippen LogP contribution in [0.4, 0.5) is 0 Å². The molecule has 0 spiro atoms. The van der Waals surface area contributed by atoms with Crippen molar-refractivity contribution in [1.82, 2.24) is 0 Å². The zero-order chi connectivity index (χ0) is 25.0. The SMILES string of the molecule is COCOc1cc(OC)c(OCOC)c([C](=[Cr])OC)c1.[C-]#[O+].[C-]#[O+].[C-]#[O+].[C-]#[O+].[C-]#[O+]. The fourth-order valence-corrected chi connectivity index (χ4v) is 1.70. The number of hydrogen-bond acceptors (Lipinski definition) is 6. The van der Waals surface area contributed by atoms with Gasteiger partial charge >= 0.3 is 182 Å². The average molecular weight is 462 g/mol. The summed E-state index contributed by atoms with van der Waals surface area (Å²) in [5, 5.41) is 0. The summed E-state index contributed by atoms with van der Waals surface area (Å²) in [6, 6.07) is 3.47. The van der Waals surface area contributed by atoms with E-state index in [1.54, 1.807) is 40.6 Å². The van der Waals surface area contributed by atoms with Gasteiger partial charge in [0.1, 0.15) is 0 Å². The molecule has 0 aromatic heterocycles. The van der Waals surface area contributed by atoms with Crippen molar-refractivity contribution in [2.45, 2.75) is 0 Å². The van der Waals surface area contributed by atoms with Gasteiger partial charge in [0.25, 0.3) is 0 Å². The van der Waals surface area contributed by atoms with Gasteiger partial charge in [-0.3, -0.25) is 0 Å². The Morgan fingerprint density at radius 3 is 1.57 bits per heavy atom. The van der Waals surface area contributed by atoms with Crippen LogP contribution in [0.25, 0.3) is 0 Å². The van der Waals surface area contributed by atoms with E-state index in [0.717, 1.165) is 0 Å². The predicted molar refractivity (Wildman–Crippen MR) is 88.8 cm³/mol. The second kappa shape index (κ2) is 34.1. The van der Waals surface area contributed by atoms with Crippen molar-refractivity contribution in [3.63, 3.8) is 0 Å². The van der Waals surface area contributed by atoms with Gasteiger partial charge in [-0.1, -0.05) is 0 Å². The number of benzene rings is 1. The van der Waals surface area contributed by atoms with Crippen molar-refractivity contribution in [3.8, 4) is 17.2 Å². The molecule has 30 heavy (non-hydrogen) atoms. The van der Waals surface area contributed by atoms with Crippen molar-refractivity contribution in [3.05, 3.63) is 50.9 Å². The van der Waals surface area contributed by atoms with Gasteiger partial charge < -0.3 is 0 Å². The third-order valence-corrected chi connectivity index (χ3v) is 2.92. The van der Waals surface area contributed by atoms with E-state index in [4.69, 9.17) is 51.7 Å². The Kier molecular flexibility index (Phi) is 43.5. The van der Waals surface area contributed by atoms with E-state index in [1.807, 2.05) is 0 Å². The molecule has 0 unspecified atom stereocenters. The molecule has 0 heterocycles. The third-order valence-electron chi connectivity index (χ3n) is 2.32. The molecule has 11 nitrogen and oxygen atoms in total. The fraction of sp³-hybridized carbons (Fsp3) is 0.333. The van der Waals surface area contributed by atoms with E-state index in [1.165, 1.54) is 0 Å². The molecular weight excluding hydrogens is 444 g/mol. The van der Waals surface area contributed by atoms with Crippen molar-refractivity contribution < 1.29 is 67.5 Å². The Morgan fingerprint density at radius 2 is 1.20 bits per heavy atom. The Balaban J connectivity index is -0.000000182. The van der Waals surface area contributed by atoms with Crippen LogP contribution < -0.4 is 14.2 Å². The van der Waals surface area contributed by atoms with Gasteiger partial charge in [-0.05, 0) is 0 Å². The van der Waals surface area contributed by atoms with Gasteiger partial charge in [0, 0.05) is 0 Å². The van der Waals surface area contributed by atoms with Crippen LogP contribution in [0, 0.1) is 33.3 Å². The topological polar surface area (TPSA) is 155 Å². The van der Waals surface area contributed by atoms with E-state index in [2.05, 4.69) is 49.1 Å². The Hall–Kier alpha value is -2.40. The molecule has 0 saturated carbocycles. The van der Waals surface area contributed by atoms with E-state index in [9.17, 15) is 0 Å². The zero-order valence-electron chi connectivity index (χ0n) is 16.5. The number of methoxy groups -OCH3 is 4. The summed E-state index contributed by atoms with van der Waals surface area (Å²) in [5.74, 6) is 1.60. The van der Waals surface area contributed by atoms with Crippen LogP contribution in [-0.2, 0) is 53.3 Å². The Bertz CT molecular complexity index is 613. The summed E-state index contributed by atoms with van der Waals surface area (Å²) in [5.41, 5.74) is 0.676. The van der Waals surface area contributed by atoms with Crippen molar-refractivity contribution >= 4 is 4.57 Å². The maximum atomic E-state index is 7.50. The fourth-order valence-electron chi connectivity index (χ4n) is 1.47. The predicted octanol–water partition coefficient (Wildman–Crippen LogP) is 1.14. The molecule has 1 aromatic rings. The van der Waals surface area contributed by atoms with E-state index in [0.29, 0.717) is 27.4 Å². The molecule has 0 aliphatic rings. The molecule has 162 valence electrons. The summed E-state index contributed by atoms with van der Waals surface area (Å²) in [6.45, 7) is 22.7. The molecule has 1 rings (SSSR count). The van der Waals surface area contributed by atoms with Crippen LogP contribution in [0.5, 0.6) is 17.2 Å². The maximum absolute atomic E-state index is 7.50. The molecule has 0 aliphatic carbocycles. The van der Waals surface area contributed by atoms with Crippen LogP contribution in [0.2, 0.25) is 0 Å². The monoisotopic (exact) mass is 462 g/mol. The number of hydrogen-bond donors (Lipinski definition) is 0. The van der Waals surface area contributed by atoms with E-state index in [-0.39, 0.29) is 13.6 Å². The quantitative estimate of drug-likeness (QED) is 0.305. The first-order valence-electron chi connectivity index (χ1n) is 6.73. The van der Waals surface area contributed by atoms with E-state index >= 15 is 0 Å². The van der Waals surface area contributed by atoms with Gasteiger partial charge in [-0.2, -0.15) is 0 Å². The normalized spacial score (nSPS) is 7.13. The van der Waals surface area contributed by atoms with Gasteiger partial charge in [-0.15, -0.1) is 0 Å². The molecule has 0 fully saturated rings. The molecule has 0 saturated heterocycles. The van der Waals surface area contributed by atoms with Crippen LogP contribution in [0.1, 0.15) is 5.56 Å². The van der Waals surface area contributed by atoms with Crippen molar-refractivity contribution in [2.24, 2.45) is 0 Å². The first-order valence-corrected chi connectivity index (χ1v) is 7.37. The molecule has 0 aliphatic heterocycles. The van der Waals surface area contributed by atoms with E-state index < -0.39 is 0 Å². The molecule has 0 amide bonds. The van der Waals surface area contributed by atoms with Crippen LogP contribution in [0.15, 0.2) is 12.1 Å². The standard InChI is InChI=1S/C13H18O6.5CO.Cr/c1-14-7-10-5-11(18-8-15-2)6-12(17-4)13(10)19-9-16-3;5*1-2;/h5-6H,8-9H2,1-4H3;;;;;;. The Labute approximate surface area is 182 Å². The van der Waals surface area contributed by atoms with Crippen LogP contribution in [-0.4, -0.2) is 46.6 Å². The van der Waals surface area contributed by atoms with Gasteiger partial charge in [-0.25, -0.2) is 0 Å². The minimum atomic E-state index is 0.0959. The van der Waals surface area contributed by atoms with Gasteiger partial charge in [0.2, 0.25) is 0 Å². The summed E-state index contributed by atoms with van der Waals surface area (Å²) in [6.07, 6.45) is 0. The molecule has 0 atom stereocenters. The zero-order valence-corrected chi connectivity index (χ0v) is 17.7. The summed E-state index contributed by atoms with van der Waals surface area (Å²) in [4.78, 5) is 0. The first-order chi connectivity index (χ1) is 14.7. The molecule has 12 heteroatoms. The minimum absolute atomic E-state index is 0.0959. The van der Waals surface area contributed by atoms with Crippen molar-refractivity contribution in [2.75, 3.05) is 42.0 Å². The summed E-state index contributed by atoms with van der Waals surface area (Å²) < 4.78 is 69.3. The average Bonchev–Trinajstić information content (AvgIpc) is 2.86. The molecule has 1 aromatic carbocycles. The van der Waals surface area contributed by atoms with Crippen LogP contribution >= 0.6 is 0 Å². The summed E-state index contributed by atoms with van der Waals surface area (Å²) >= 11 is 2.83. The Morgan fingerprint density at radius 1 is 0.767 bits per heavy atom. The number of ether oxygens (including phenoxy) is 6. The van der Waals surface area contributed by atoms with Crippen LogP contribution in [0.3, 0.4) is 0 Å². The molecular formula is C18H18CrO11. The molecule has 0 bridgehead atoms. The first kappa shape index (κ1) is 38.2. The number of rotatable bonds is 9. The second-order valence-electron chi connectivity index (χ2n) is 3.60. The third kappa shape index (κ3) is 17.7. The van der Waals surface area contributed by atoms with Gasteiger partial charge in [0.15, 0.2) is 0 Å². The van der Waals surface area contributed by atoms with Gasteiger partial charge in [0.05, 0.1) is 0 Å². The molecule has 0 radical (unpaired) electrons. The summed E-state index contributed by atoms with van der Waals surface area (Å²) in [7, 11) is 6.20.